The van der Waals surface area contributed by atoms with Crippen molar-refractivity contribution in [2.24, 2.45) is 5.92 Å². The van der Waals surface area contributed by atoms with Crippen LogP contribution in [0.1, 0.15) is 26.3 Å². The standard InChI is InChI=1S/C13H20ClN/c1-4-15(10-11(2)3)13-8-6-5-7-12(13)9-14/h5-8,11H,4,9-10H2,1-3H3. The minimum absolute atomic E-state index is 0.588. The van der Waals surface area contributed by atoms with Gasteiger partial charge < -0.3 is 4.90 Å². The monoisotopic (exact) mass is 225 g/mol. The molecule has 1 nitrogen and oxygen atoms in total. The molecule has 0 N–H and O–H groups in total. The van der Waals surface area contributed by atoms with E-state index < -0.39 is 0 Å². The maximum Gasteiger partial charge on any atom is 0.0494 e. The van der Waals surface area contributed by atoms with Crippen molar-refractivity contribution in [1.82, 2.24) is 0 Å². The van der Waals surface area contributed by atoms with Gasteiger partial charge in [-0.05, 0) is 24.5 Å². The summed E-state index contributed by atoms with van der Waals surface area (Å²) in [6.45, 7) is 8.79. The van der Waals surface area contributed by atoms with Gasteiger partial charge in [-0.3, -0.25) is 0 Å². The van der Waals surface area contributed by atoms with Crippen molar-refractivity contribution < 1.29 is 0 Å². The van der Waals surface area contributed by atoms with Crippen LogP contribution in [0.5, 0.6) is 0 Å². The molecule has 0 heterocycles. The van der Waals surface area contributed by atoms with Crippen molar-refractivity contribution >= 4 is 17.3 Å². The van der Waals surface area contributed by atoms with E-state index in [9.17, 15) is 0 Å². The Morgan fingerprint density at radius 1 is 1.27 bits per heavy atom. The molecule has 0 atom stereocenters. The summed E-state index contributed by atoms with van der Waals surface area (Å²) >= 11 is 5.94. The van der Waals surface area contributed by atoms with E-state index in [-0.39, 0.29) is 0 Å². The third-order valence-corrected chi connectivity index (χ3v) is 2.73. The maximum atomic E-state index is 5.94. The van der Waals surface area contributed by atoms with Crippen LogP contribution in [0, 0.1) is 5.92 Å². The molecule has 0 aliphatic rings. The van der Waals surface area contributed by atoms with Crippen LogP contribution in [0.4, 0.5) is 5.69 Å². The number of anilines is 1. The molecule has 0 amide bonds. The van der Waals surface area contributed by atoms with Gasteiger partial charge in [-0.2, -0.15) is 0 Å². The molecule has 1 rings (SSSR count). The van der Waals surface area contributed by atoms with E-state index in [4.69, 9.17) is 11.6 Å². The second-order valence-corrected chi connectivity index (χ2v) is 4.46. The maximum absolute atomic E-state index is 5.94. The van der Waals surface area contributed by atoms with Crippen molar-refractivity contribution in [2.45, 2.75) is 26.7 Å². The summed E-state index contributed by atoms with van der Waals surface area (Å²) in [5.41, 5.74) is 2.50. The van der Waals surface area contributed by atoms with Gasteiger partial charge in [-0.1, -0.05) is 32.0 Å². The van der Waals surface area contributed by atoms with Gasteiger partial charge in [-0.15, -0.1) is 11.6 Å². The molecule has 1 aromatic carbocycles. The SMILES string of the molecule is CCN(CC(C)C)c1ccccc1CCl. The van der Waals surface area contributed by atoms with Gasteiger partial charge in [0.1, 0.15) is 0 Å². The lowest BCUT2D eigenvalue weighted by Gasteiger charge is -2.27. The van der Waals surface area contributed by atoms with Crippen LogP contribution in [0.2, 0.25) is 0 Å². The number of hydrogen-bond acceptors (Lipinski definition) is 1. The Bertz CT molecular complexity index is 296. The number of para-hydroxylation sites is 1. The normalized spacial score (nSPS) is 10.7. The molecule has 2 heteroatoms. The van der Waals surface area contributed by atoms with Gasteiger partial charge in [0.05, 0.1) is 0 Å². The molecule has 15 heavy (non-hydrogen) atoms. The average Bonchev–Trinajstić information content (AvgIpc) is 2.25. The van der Waals surface area contributed by atoms with Crippen LogP contribution < -0.4 is 4.90 Å². The van der Waals surface area contributed by atoms with E-state index >= 15 is 0 Å². The fraction of sp³-hybridized carbons (Fsp3) is 0.538. The van der Waals surface area contributed by atoms with Gasteiger partial charge >= 0.3 is 0 Å². The quantitative estimate of drug-likeness (QED) is 0.687. The molecule has 0 spiro atoms. The molecule has 0 aliphatic heterocycles. The summed E-state index contributed by atoms with van der Waals surface area (Å²) in [6.07, 6.45) is 0. The number of rotatable bonds is 5. The molecule has 0 saturated heterocycles. The van der Waals surface area contributed by atoms with E-state index in [1.54, 1.807) is 0 Å². The number of benzene rings is 1. The number of hydrogen-bond donors (Lipinski definition) is 0. The van der Waals surface area contributed by atoms with Crippen molar-refractivity contribution in [2.75, 3.05) is 18.0 Å². The highest BCUT2D eigenvalue weighted by Gasteiger charge is 2.09. The van der Waals surface area contributed by atoms with E-state index in [1.165, 1.54) is 11.3 Å². The van der Waals surface area contributed by atoms with Crippen LogP contribution in [0.15, 0.2) is 24.3 Å². The Balaban J connectivity index is 2.90. The molecule has 0 aromatic heterocycles. The molecular formula is C13H20ClN. The third-order valence-electron chi connectivity index (χ3n) is 2.44. The highest BCUT2D eigenvalue weighted by molar-refractivity contribution is 6.17. The Hall–Kier alpha value is -0.690. The summed E-state index contributed by atoms with van der Waals surface area (Å²) in [5, 5.41) is 0. The molecule has 0 fully saturated rings. The Morgan fingerprint density at radius 3 is 2.47 bits per heavy atom. The van der Waals surface area contributed by atoms with E-state index in [0.717, 1.165) is 13.1 Å². The fourth-order valence-corrected chi connectivity index (χ4v) is 2.00. The zero-order valence-corrected chi connectivity index (χ0v) is 10.6. The first kappa shape index (κ1) is 12.4. The van der Waals surface area contributed by atoms with Gasteiger partial charge in [0.15, 0.2) is 0 Å². The topological polar surface area (TPSA) is 3.24 Å². The molecule has 0 radical (unpaired) electrons. The second-order valence-electron chi connectivity index (χ2n) is 4.19. The highest BCUT2D eigenvalue weighted by Crippen LogP contribution is 2.22. The summed E-state index contributed by atoms with van der Waals surface area (Å²) in [5.74, 6) is 1.26. The predicted molar refractivity (Wildman–Crippen MR) is 68.7 cm³/mol. The second kappa shape index (κ2) is 6.02. The van der Waals surface area contributed by atoms with Crippen LogP contribution >= 0.6 is 11.6 Å². The first-order valence-corrected chi connectivity index (χ1v) is 6.11. The summed E-state index contributed by atoms with van der Waals surface area (Å²) in [7, 11) is 0. The zero-order valence-electron chi connectivity index (χ0n) is 9.83. The van der Waals surface area contributed by atoms with Crippen LogP contribution in [0.25, 0.3) is 0 Å². The number of nitrogens with zero attached hydrogens (tertiary/aromatic N) is 1. The molecule has 1 aromatic rings. The molecule has 0 unspecified atom stereocenters. The van der Waals surface area contributed by atoms with E-state index in [2.05, 4.69) is 43.9 Å². The lowest BCUT2D eigenvalue weighted by Crippen LogP contribution is -2.27. The first-order valence-electron chi connectivity index (χ1n) is 5.57. The lowest BCUT2D eigenvalue weighted by atomic mass is 10.1. The fourth-order valence-electron chi connectivity index (χ4n) is 1.77. The zero-order chi connectivity index (χ0) is 11.3. The van der Waals surface area contributed by atoms with Crippen molar-refractivity contribution in [1.29, 1.82) is 0 Å². The highest BCUT2D eigenvalue weighted by atomic mass is 35.5. The summed E-state index contributed by atoms with van der Waals surface area (Å²) in [4.78, 5) is 2.39. The smallest absolute Gasteiger partial charge is 0.0494 e. The molecular weight excluding hydrogens is 206 g/mol. The Morgan fingerprint density at radius 2 is 1.93 bits per heavy atom. The molecule has 0 saturated carbocycles. The average molecular weight is 226 g/mol. The minimum atomic E-state index is 0.588. The van der Waals surface area contributed by atoms with Crippen LogP contribution in [-0.2, 0) is 5.88 Å². The van der Waals surface area contributed by atoms with Crippen LogP contribution in [-0.4, -0.2) is 13.1 Å². The minimum Gasteiger partial charge on any atom is -0.371 e. The molecule has 0 bridgehead atoms. The molecule has 0 aliphatic carbocycles. The summed E-state index contributed by atoms with van der Waals surface area (Å²) in [6, 6.07) is 8.38. The number of alkyl halides is 1. The molecule has 84 valence electrons. The predicted octanol–water partition coefficient (Wildman–Crippen LogP) is 3.91. The van der Waals surface area contributed by atoms with Gasteiger partial charge in [-0.25, -0.2) is 0 Å². The van der Waals surface area contributed by atoms with E-state index in [0.29, 0.717) is 11.8 Å². The number of halogens is 1. The van der Waals surface area contributed by atoms with E-state index in [1.807, 2.05) is 6.07 Å². The third kappa shape index (κ3) is 3.42. The van der Waals surface area contributed by atoms with Gasteiger partial charge in [0, 0.05) is 24.7 Å². The first-order chi connectivity index (χ1) is 7.19. The largest absolute Gasteiger partial charge is 0.371 e. The van der Waals surface area contributed by atoms with Gasteiger partial charge in [0.25, 0.3) is 0 Å². The lowest BCUT2D eigenvalue weighted by molar-refractivity contribution is 0.618. The Kier molecular flexibility index (Phi) is 4.97. The van der Waals surface area contributed by atoms with Crippen molar-refractivity contribution in [3.63, 3.8) is 0 Å². The van der Waals surface area contributed by atoms with Crippen molar-refractivity contribution in [3.8, 4) is 0 Å². The van der Waals surface area contributed by atoms with Gasteiger partial charge in [0.2, 0.25) is 0 Å². The van der Waals surface area contributed by atoms with Crippen LogP contribution in [0.3, 0.4) is 0 Å². The van der Waals surface area contributed by atoms with Crippen molar-refractivity contribution in [3.05, 3.63) is 29.8 Å². The Labute approximate surface area is 98.0 Å². The summed E-state index contributed by atoms with van der Waals surface area (Å²) < 4.78 is 0.